The molecule has 1 aromatic heterocycles. The maximum Gasteiger partial charge on any atom is 0.145 e. The SMILES string of the molecule is CCC1(C(=O)Cc2nc(-c3ccccc3)cs2)CCCC1. The molecule has 0 spiro atoms. The van der Waals surface area contributed by atoms with Gasteiger partial charge in [0.2, 0.25) is 0 Å². The van der Waals surface area contributed by atoms with Crippen molar-refractivity contribution < 1.29 is 4.79 Å². The van der Waals surface area contributed by atoms with Gasteiger partial charge in [-0.05, 0) is 19.3 Å². The van der Waals surface area contributed by atoms with Crippen LogP contribution in [0.4, 0.5) is 0 Å². The molecule has 1 fully saturated rings. The first kappa shape index (κ1) is 14.5. The lowest BCUT2D eigenvalue weighted by molar-refractivity contribution is -0.128. The Morgan fingerprint density at radius 2 is 1.95 bits per heavy atom. The standard InChI is InChI=1S/C18H21NOS/c1-2-18(10-6-7-11-18)16(20)12-17-19-15(13-21-17)14-8-4-3-5-9-14/h3-5,8-9,13H,2,6-7,10-12H2,1H3. The molecule has 0 saturated heterocycles. The number of carbonyl (C=O) groups is 1. The van der Waals surface area contributed by atoms with E-state index in [9.17, 15) is 4.79 Å². The molecule has 1 aromatic carbocycles. The number of ketones is 1. The summed E-state index contributed by atoms with van der Waals surface area (Å²) in [5.74, 6) is 0.400. The van der Waals surface area contributed by atoms with E-state index in [1.807, 2.05) is 18.2 Å². The summed E-state index contributed by atoms with van der Waals surface area (Å²) in [7, 11) is 0. The number of hydrogen-bond donors (Lipinski definition) is 0. The normalized spacial score (nSPS) is 17.0. The molecule has 0 amide bonds. The van der Waals surface area contributed by atoms with Gasteiger partial charge < -0.3 is 0 Å². The minimum absolute atomic E-state index is 0.0570. The summed E-state index contributed by atoms with van der Waals surface area (Å²) in [6.07, 6.45) is 6.02. The Bertz CT molecular complexity index is 611. The lowest BCUT2D eigenvalue weighted by atomic mass is 9.78. The third-order valence-electron chi connectivity index (χ3n) is 4.76. The van der Waals surface area contributed by atoms with E-state index in [-0.39, 0.29) is 5.41 Å². The molecule has 1 aliphatic carbocycles. The number of aromatic nitrogens is 1. The van der Waals surface area contributed by atoms with Gasteiger partial charge in [0.1, 0.15) is 10.8 Å². The highest BCUT2D eigenvalue weighted by Gasteiger charge is 2.38. The molecular weight excluding hydrogens is 278 g/mol. The molecule has 0 atom stereocenters. The minimum Gasteiger partial charge on any atom is -0.299 e. The number of Topliss-reactive ketones (excluding diaryl/α,β-unsaturated/α-hetero) is 1. The molecule has 0 unspecified atom stereocenters. The van der Waals surface area contributed by atoms with Crippen LogP contribution in [0.3, 0.4) is 0 Å². The first-order valence-electron chi connectivity index (χ1n) is 7.77. The predicted octanol–water partition coefficient (Wildman–Crippen LogP) is 4.89. The highest BCUT2D eigenvalue weighted by atomic mass is 32.1. The smallest absolute Gasteiger partial charge is 0.145 e. The summed E-state index contributed by atoms with van der Waals surface area (Å²) in [6.45, 7) is 2.15. The Morgan fingerprint density at radius 3 is 2.62 bits per heavy atom. The third-order valence-corrected chi connectivity index (χ3v) is 5.61. The van der Waals surface area contributed by atoms with E-state index >= 15 is 0 Å². The van der Waals surface area contributed by atoms with Crippen LogP contribution in [-0.2, 0) is 11.2 Å². The van der Waals surface area contributed by atoms with Crippen molar-refractivity contribution in [3.63, 3.8) is 0 Å². The van der Waals surface area contributed by atoms with Crippen LogP contribution in [0.2, 0.25) is 0 Å². The largest absolute Gasteiger partial charge is 0.299 e. The van der Waals surface area contributed by atoms with Crippen molar-refractivity contribution in [3.8, 4) is 11.3 Å². The molecular formula is C18H21NOS. The topological polar surface area (TPSA) is 30.0 Å². The van der Waals surface area contributed by atoms with Crippen LogP contribution in [0.1, 0.15) is 44.0 Å². The predicted molar refractivity (Wildman–Crippen MR) is 87.5 cm³/mol. The Morgan fingerprint density at radius 1 is 1.24 bits per heavy atom. The molecule has 3 heteroatoms. The van der Waals surface area contributed by atoms with E-state index in [0.29, 0.717) is 12.2 Å². The van der Waals surface area contributed by atoms with Crippen LogP contribution in [0.15, 0.2) is 35.7 Å². The second-order valence-corrected chi connectivity index (χ2v) is 6.88. The highest BCUT2D eigenvalue weighted by molar-refractivity contribution is 7.10. The lowest BCUT2D eigenvalue weighted by Gasteiger charge is -2.25. The van der Waals surface area contributed by atoms with Crippen LogP contribution >= 0.6 is 11.3 Å². The van der Waals surface area contributed by atoms with E-state index in [4.69, 9.17) is 0 Å². The molecule has 1 aliphatic rings. The fourth-order valence-corrected chi connectivity index (χ4v) is 4.14. The Balaban J connectivity index is 1.74. The van der Waals surface area contributed by atoms with E-state index in [0.717, 1.165) is 35.5 Å². The van der Waals surface area contributed by atoms with E-state index in [1.54, 1.807) is 11.3 Å². The van der Waals surface area contributed by atoms with Crippen molar-refractivity contribution in [2.75, 3.05) is 0 Å². The number of hydrogen-bond acceptors (Lipinski definition) is 3. The first-order chi connectivity index (χ1) is 10.2. The van der Waals surface area contributed by atoms with Crippen LogP contribution in [0.25, 0.3) is 11.3 Å². The van der Waals surface area contributed by atoms with E-state index in [2.05, 4.69) is 29.4 Å². The maximum absolute atomic E-state index is 12.7. The molecule has 1 saturated carbocycles. The maximum atomic E-state index is 12.7. The lowest BCUT2D eigenvalue weighted by Crippen LogP contribution is -2.28. The highest BCUT2D eigenvalue weighted by Crippen LogP contribution is 2.42. The molecule has 21 heavy (non-hydrogen) atoms. The zero-order valence-corrected chi connectivity index (χ0v) is 13.3. The van der Waals surface area contributed by atoms with Gasteiger partial charge in [-0.25, -0.2) is 4.98 Å². The molecule has 2 nitrogen and oxygen atoms in total. The first-order valence-corrected chi connectivity index (χ1v) is 8.65. The average Bonchev–Trinajstić information content (AvgIpc) is 3.18. The number of thiazole rings is 1. The summed E-state index contributed by atoms with van der Waals surface area (Å²) >= 11 is 1.61. The molecule has 0 aliphatic heterocycles. The molecule has 0 bridgehead atoms. The molecule has 1 heterocycles. The van der Waals surface area contributed by atoms with Crippen molar-refractivity contribution in [1.82, 2.24) is 4.98 Å². The minimum atomic E-state index is -0.0570. The summed E-state index contributed by atoms with van der Waals surface area (Å²) in [6, 6.07) is 10.2. The zero-order valence-electron chi connectivity index (χ0n) is 12.5. The van der Waals surface area contributed by atoms with Crippen LogP contribution in [0, 0.1) is 5.41 Å². The average molecular weight is 299 g/mol. The van der Waals surface area contributed by atoms with Gasteiger partial charge in [-0.1, -0.05) is 50.1 Å². The van der Waals surface area contributed by atoms with Crippen LogP contribution in [0.5, 0.6) is 0 Å². The van der Waals surface area contributed by atoms with Crippen molar-refractivity contribution in [2.24, 2.45) is 5.41 Å². The van der Waals surface area contributed by atoms with Gasteiger partial charge in [0.15, 0.2) is 0 Å². The van der Waals surface area contributed by atoms with Gasteiger partial charge in [0.05, 0.1) is 12.1 Å². The number of rotatable bonds is 5. The summed E-state index contributed by atoms with van der Waals surface area (Å²) in [5, 5.41) is 3.02. The Labute approximate surface area is 130 Å². The second kappa shape index (κ2) is 6.10. The van der Waals surface area contributed by atoms with Gasteiger partial charge in [-0.15, -0.1) is 11.3 Å². The van der Waals surface area contributed by atoms with Crippen molar-refractivity contribution in [1.29, 1.82) is 0 Å². The van der Waals surface area contributed by atoms with Crippen LogP contribution < -0.4 is 0 Å². The Hall–Kier alpha value is -1.48. The van der Waals surface area contributed by atoms with Crippen molar-refractivity contribution in [3.05, 3.63) is 40.7 Å². The Kier molecular flexibility index (Phi) is 4.20. The van der Waals surface area contributed by atoms with Crippen molar-refractivity contribution in [2.45, 2.75) is 45.4 Å². The van der Waals surface area contributed by atoms with Gasteiger partial charge >= 0.3 is 0 Å². The zero-order chi connectivity index (χ0) is 14.7. The number of benzene rings is 1. The number of nitrogens with zero attached hydrogens (tertiary/aromatic N) is 1. The third kappa shape index (κ3) is 2.93. The summed E-state index contributed by atoms with van der Waals surface area (Å²) in [5.41, 5.74) is 2.05. The van der Waals surface area contributed by atoms with Crippen molar-refractivity contribution >= 4 is 17.1 Å². The fourth-order valence-electron chi connectivity index (χ4n) is 3.34. The van der Waals surface area contributed by atoms with E-state index < -0.39 is 0 Å². The van der Waals surface area contributed by atoms with E-state index in [1.165, 1.54) is 12.8 Å². The van der Waals surface area contributed by atoms with Gasteiger partial charge in [-0.2, -0.15) is 0 Å². The second-order valence-electron chi connectivity index (χ2n) is 5.93. The monoisotopic (exact) mass is 299 g/mol. The molecule has 0 radical (unpaired) electrons. The van der Waals surface area contributed by atoms with Crippen LogP contribution in [-0.4, -0.2) is 10.8 Å². The van der Waals surface area contributed by atoms with Gasteiger partial charge in [0.25, 0.3) is 0 Å². The fraction of sp³-hybridized carbons (Fsp3) is 0.444. The quantitative estimate of drug-likeness (QED) is 0.786. The number of carbonyl (C=O) groups excluding carboxylic acids is 1. The summed E-state index contributed by atoms with van der Waals surface area (Å²) in [4.78, 5) is 17.3. The van der Waals surface area contributed by atoms with Gasteiger partial charge in [-0.3, -0.25) is 4.79 Å². The summed E-state index contributed by atoms with van der Waals surface area (Å²) < 4.78 is 0. The molecule has 0 N–H and O–H groups in total. The molecule has 3 rings (SSSR count). The molecule has 110 valence electrons. The van der Waals surface area contributed by atoms with Gasteiger partial charge in [0, 0.05) is 16.4 Å². The molecule has 2 aromatic rings.